The zero-order valence-electron chi connectivity index (χ0n) is 33.7. The van der Waals surface area contributed by atoms with Gasteiger partial charge < -0.3 is 35.0 Å². The van der Waals surface area contributed by atoms with Crippen molar-refractivity contribution in [2.24, 2.45) is 0 Å². The second-order valence-corrected chi connectivity index (χ2v) is 16.7. The summed E-state index contributed by atoms with van der Waals surface area (Å²) >= 11 is 0. The van der Waals surface area contributed by atoms with Crippen LogP contribution in [0.5, 0.6) is 0 Å². The standard InChI is InChI=1S/C42H54N6O10/c1-42(2,3)58-41(56)47-22-11-17-31(47)37(51)45-20-10-16-30(45)36(50)43-24-35(49)44-29-23-28-15-8-9-19-33(28)48(4,39(29)53)34(26-57-25-27-13-6-5-7-14-27)38(52)46-21-12-18-32(46)40(54)55/h5-9,13-15,19,29-32,34H,10-12,16-18,20-26H2,1-4H3,(H2-,43,44,49,50,54,55)/p+1/t29-,30-,31-,32-,34-,48?/m0/s1. The number of carbonyl (C=O) groups is 7. The SMILES string of the molecule is CC(C)(C)OC(=O)N1CCC[C@H]1C(=O)N1CCC[C@H]1C(=O)NCC(=O)N[C@H]1Cc2ccccc2[N+](C)([C@@H](COCc2ccccc2)C(=O)N2CCC[C@H]2C(=O)O)C1=O. The van der Waals surface area contributed by atoms with Gasteiger partial charge in [-0.25, -0.2) is 18.9 Å². The van der Waals surface area contributed by atoms with Crippen LogP contribution in [0.25, 0.3) is 0 Å². The lowest BCUT2D eigenvalue weighted by Gasteiger charge is -2.44. The number of fused-ring (bicyclic) bond motifs is 1. The third-order valence-electron chi connectivity index (χ3n) is 11.6. The molecule has 6 amide bonds. The number of rotatable bonds is 12. The number of hydrogen-bond acceptors (Lipinski definition) is 9. The molecule has 0 radical (unpaired) electrons. The first-order valence-electron chi connectivity index (χ1n) is 20.1. The Hall–Kier alpha value is -5.35. The van der Waals surface area contributed by atoms with E-state index in [1.165, 1.54) is 14.7 Å². The van der Waals surface area contributed by atoms with Gasteiger partial charge in [-0.1, -0.05) is 48.5 Å². The van der Waals surface area contributed by atoms with Crippen molar-refractivity contribution in [3.63, 3.8) is 0 Å². The molecule has 0 aliphatic carbocycles. The van der Waals surface area contributed by atoms with Gasteiger partial charge in [0.05, 0.1) is 20.2 Å². The van der Waals surface area contributed by atoms with Crippen molar-refractivity contribution in [3.05, 3.63) is 65.7 Å². The molecule has 6 rings (SSSR count). The number of ether oxygens (including phenoxy) is 2. The highest BCUT2D eigenvalue weighted by Crippen LogP contribution is 2.37. The average molecular weight is 804 g/mol. The first-order chi connectivity index (χ1) is 27.6. The van der Waals surface area contributed by atoms with Crippen molar-refractivity contribution in [2.45, 2.75) is 108 Å². The lowest BCUT2D eigenvalue weighted by atomic mass is 9.92. The van der Waals surface area contributed by atoms with Crippen LogP contribution in [0, 0.1) is 0 Å². The first-order valence-corrected chi connectivity index (χ1v) is 20.1. The molecule has 3 fully saturated rings. The summed E-state index contributed by atoms with van der Waals surface area (Å²) in [5.74, 6) is -3.66. The molecule has 4 heterocycles. The van der Waals surface area contributed by atoms with E-state index in [-0.39, 0.29) is 38.5 Å². The molecule has 6 atom stereocenters. The van der Waals surface area contributed by atoms with Crippen LogP contribution in [-0.4, -0.2) is 137 Å². The minimum atomic E-state index is -1.19. The van der Waals surface area contributed by atoms with Crippen LogP contribution in [0.1, 0.15) is 70.4 Å². The van der Waals surface area contributed by atoms with E-state index in [4.69, 9.17) is 9.47 Å². The van der Waals surface area contributed by atoms with E-state index in [0.29, 0.717) is 56.4 Å². The van der Waals surface area contributed by atoms with E-state index in [9.17, 15) is 38.7 Å². The number of amides is 6. The Morgan fingerprint density at radius 3 is 2.16 bits per heavy atom. The fraction of sp³-hybridized carbons (Fsp3) is 0.548. The molecule has 4 aliphatic rings. The Morgan fingerprint density at radius 1 is 0.845 bits per heavy atom. The van der Waals surface area contributed by atoms with Crippen LogP contribution < -0.4 is 15.1 Å². The molecule has 0 aromatic heterocycles. The first kappa shape index (κ1) is 42.3. The summed E-state index contributed by atoms with van der Waals surface area (Å²) in [5, 5.41) is 15.4. The number of benzene rings is 2. The van der Waals surface area contributed by atoms with Gasteiger partial charge in [0, 0.05) is 31.6 Å². The smallest absolute Gasteiger partial charge is 0.410 e. The minimum absolute atomic E-state index is 0.121. The average Bonchev–Trinajstić information content (AvgIpc) is 3.99. The molecule has 0 spiro atoms. The third kappa shape index (κ3) is 9.02. The molecule has 312 valence electrons. The third-order valence-corrected chi connectivity index (χ3v) is 11.6. The summed E-state index contributed by atoms with van der Waals surface area (Å²) in [6.45, 7) is 5.64. The van der Waals surface area contributed by atoms with Gasteiger partial charge >= 0.3 is 18.0 Å². The lowest BCUT2D eigenvalue weighted by molar-refractivity contribution is -0.154. The van der Waals surface area contributed by atoms with Gasteiger partial charge in [-0.2, -0.15) is 0 Å². The molecule has 16 nitrogen and oxygen atoms in total. The van der Waals surface area contributed by atoms with Gasteiger partial charge in [-0.3, -0.25) is 24.1 Å². The summed E-state index contributed by atoms with van der Waals surface area (Å²) in [7, 11) is 1.60. The van der Waals surface area contributed by atoms with Crippen molar-refractivity contribution >= 4 is 47.3 Å². The zero-order chi connectivity index (χ0) is 41.8. The Labute approximate surface area is 338 Å². The minimum Gasteiger partial charge on any atom is -0.480 e. The Kier molecular flexibility index (Phi) is 12.9. The number of hydrogen-bond donors (Lipinski definition) is 3. The maximum absolute atomic E-state index is 14.7. The van der Waals surface area contributed by atoms with Gasteiger partial charge in [-0.15, -0.1) is 0 Å². The number of nitrogens with one attached hydrogen (secondary N) is 2. The van der Waals surface area contributed by atoms with Gasteiger partial charge in [0.2, 0.25) is 23.8 Å². The lowest BCUT2D eigenvalue weighted by Crippen LogP contribution is -2.71. The predicted octanol–water partition coefficient (Wildman–Crippen LogP) is 2.36. The Balaban J connectivity index is 1.16. The van der Waals surface area contributed by atoms with Gasteiger partial charge in [0.1, 0.15) is 42.1 Å². The topological polar surface area (TPSA) is 192 Å². The van der Waals surface area contributed by atoms with Crippen LogP contribution in [-0.2, 0) is 51.3 Å². The van der Waals surface area contributed by atoms with Crippen molar-refractivity contribution in [2.75, 3.05) is 39.8 Å². The van der Waals surface area contributed by atoms with Gasteiger partial charge in [0.25, 0.3) is 5.91 Å². The van der Waals surface area contributed by atoms with E-state index in [1.54, 1.807) is 46.0 Å². The van der Waals surface area contributed by atoms with Crippen molar-refractivity contribution in [3.8, 4) is 0 Å². The molecule has 4 aliphatic heterocycles. The molecular weight excluding hydrogens is 748 g/mol. The Bertz CT molecular complexity index is 1900. The van der Waals surface area contributed by atoms with E-state index in [1.807, 2.05) is 36.4 Å². The van der Waals surface area contributed by atoms with E-state index in [2.05, 4.69) is 10.6 Å². The van der Waals surface area contributed by atoms with Crippen LogP contribution in [0.4, 0.5) is 10.5 Å². The molecule has 16 heteroatoms. The molecule has 0 saturated carbocycles. The summed E-state index contributed by atoms with van der Waals surface area (Å²) in [4.78, 5) is 99.3. The maximum atomic E-state index is 14.7. The van der Waals surface area contributed by atoms with Gasteiger partial charge in [0.15, 0.2) is 0 Å². The molecule has 3 saturated heterocycles. The summed E-state index contributed by atoms with van der Waals surface area (Å²) < 4.78 is 11.1. The highest BCUT2D eigenvalue weighted by atomic mass is 16.6. The van der Waals surface area contributed by atoms with Crippen molar-refractivity contribution in [1.82, 2.24) is 29.8 Å². The number of nitrogens with zero attached hydrogens (tertiary/aromatic N) is 4. The number of carboxylic acids is 1. The molecule has 1 unspecified atom stereocenters. The predicted molar refractivity (Wildman–Crippen MR) is 211 cm³/mol. The summed E-state index contributed by atoms with van der Waals surface area (Å²) in [6.07, 6.45) is 2.35. The van der Waals surface area contributed by atoms with Crippen molar-refractivity contribution in [1.29, 1.82) is 0 Å². The normalized spacial score (nSPS) is 24.9. The number of para-hydroxylation sites is 1. The van der Waals surface area contributed by atoms with E-state index in [0.717, 1.165) is 5.56 Å². The number of carboxylic acid groups (broad SMARTS) is 1. The molecular formula is C42H55N6O10+. The summed E-state index contributed by atoms with van der Waals surface area (Å²) in [5.41, 5.74) is 1.37. The fourth-order valence-electron chi connectivity index (χ4n) is 8.69. The number of likely N-dealkylation sites (N-methyl/N-ethyl adjacent to an activating group) is 1. The number of likely N-dealkylation sites (tertiary alicyclic amines) is 3. The quantitative estimate of drug-likeness (QED) is 0.269. The highest BCUT2D eigenvalue weighted by molar-refractivity contribution is 6.03. The maximum Gasteiger partial charge on any atom is 0.410 e. The van der Waals surface area contributed by atoms with Crippen LogP contribution in [0.2, 0.25) is 0 Å². The number of carbonyl (C=O) groups excluding carboxylic acids is 6. The Morgan fingerprint density at radius 2 is 1.47 bits per heavy atom. The van der Waals surface area contributed by atoms with Crippen LogP contribution in [0.15, 0.2) is 54.6 Å². The molecule has 58 heavy (non-hydrogen) atoms. The second-order valence-electron chi connectivity index (χ2n) is 16.7. The molecule has 3 N–H and O–H groups in total. The fourth-order valence-corrected chi connectivity index (χ4v) is 8.69. The van der Waals surface area contributed by atoms with Crippen LogP contribution >= 0.6 is 0 Å². The summed E-state index contributed by atoms with van der Waals surface area (Å²) in [6, 6.07) is 11.6. The molecule has 2 aromatic carbocycles. The molecule has 0 bridgehead atoms. The van der Waals surface area contributed by atoms with E-state index >= 15 is 0 Å². The molecule has 2 aromatic rings. The number of aliphatic carboxylic acids is 1. The van der Waals surface area contributed by atoms with Crippen LogP contribution in [0.3, 0.4) is 0 Å². The zero-order valence-corrected chi connectivity index (χ0v) is 33.7. The second kappa shape index (κ2) is 17.6. The number of quaternary nitrogens is 1. The van der Waals surface area contributed by atoms with Crippen molar-refractivity contribution < 1.29 is 48.1 Å². The van der Waals surface area contributed by atoms with Gasteiger partial charge in [-0.05, 0) is 70.9 Å². The monoisotopic (exact) mass is 803 g/mol. The highest BCUT2D eigenvalue weighted by Gasteiger charge is 2.56. The largest absolute Gasteiger partial charge is 0.480 e. The van der Waals surface area contributed by atoms with E-state index < -0.39 is 82.5 Å².